The first-order chi connectivity index (χ1) is 5.74. The van der Waals surface area contributed by atoms with Crippen LogP contribution in [-0.2, 0) is 14.4 Å². The summed E-state index contributed by atoms with van der Waals surface area (Å²) in [5.41, 5.74) is 4.44. The molecule has 0 radical (unpaired) electrons. The van der Waals surface area contributed by atoms with Crippen LogP contribution in [0.2, 0.25) is 0 Å². The van der Waals surface area contributed by atoms with Crippen molar-refractivity contribution in [2.75, 3.05) is 6.61 Å². The number of nitrogens with one attached hydrogen (secondary N) is 2. The van der Waals surface area contributed by atoms with Gasteiger partial charge in [0, 0.05) is 0 Å². The second-order valence-corrected chi connectivity index (χ2v) is 2.13. The molecular weight excluding hydrogens is 162 g/mol. The summed E-state index contributed by atoms with van der Waals surface area (Å²) < 4.78 is 0. The van der Waals surface area contributed by atoms with Gasteiger partial charge in [-0.25, -0.2) is 10.9 Å². The number of hydrazone groups is 1. The summed E-state index contributed by atoms with van der Waals surface area (Å²) in [7, 11) is 0. The third kappa shape index (κ3) is 2.03. The Hall–Kier alpha value is -1.43. The molecule has 1 heterocycles. The first-order valence-corrected chi connectivity index (χ1v) is 3.51. The fraction of sp³-hybridized carbons (Fsp3) is 0.500. The lowest BCUT2D eigenvalue weighted by molar-refractivity contribution is -0.126. The molecule has 1 aliphatic rings. The standard InChI is InChI=1S/C6H9N3O3/c1-2-12-9-6(11)4-3-5(10)8-7-4/h2-3H2,1H3,(H,8,10)(H,9,11). The Labute approximate surface area is 68.9 Å². The quantitative estimate of drug-likeness (QED) is 0.530. The van der Waals surface area contributed by atoms with Gasteiger partial charge < -0.3 is 0 Å². The highest BCUT2D eigenvalue weighted by Gasteiger charge is 2.20. The van der Waals surface area contributed by atoms with Crippen molar-refractivity contribution in [3.8, 4) is 0 Å². The van der Waals surface area contributed by atoms with Gasteiger partial charge in [0.25, 0.3) is 5.91 Å². The van der Waals surface area contributed by atoms with E-state index in [-0.39, 0.29) is 18.0 Å². The molecule has 0 bridgehead atoms. The van der Waals surface area contributed by atoms with E-state index in [0.29, 0.717) is 6.61 Å². The minimum atomic E-state index is -0.477. The van der Waals surface area contributed by atoms with Crippen LogP contribution < -0.4 is 10.9 Å². The average Bonchev–Trinajstić information content (AvgIpc) is 2.47. The number of amides is 2. The molecule has 1 aliphatic heterocycles. The Bertz CT molecular complexity index is 236. The van der Waals surface area contributed by atoms with Crippen LogP contribution in [0.1, 0.15) is 13.3 Å². The van der Waals surface area contributed by atoms with Crippen molar-refractivity contribution in [1.29, 1.82) is 0 Å². The number of rotatable bonds is 3. The molecule has 0 aliphatic carbocycles. The third-order valence-corrected chi connectivity index (χ3v) is 1.21. The largest absolute Gasteiger partial charge is 0.291 e. The zero-order chi connectivity index (χ0) is 8.97. The Kier molecular flexibility index (Phi) is 2.76. The van der Waals surface area contributed by atoms with Crippen molar-refractivity contribution in [3.05, 3.63) is 0 Å². The summed E-state index contributed by atoms with van der Waals surface area (Å²) >= 11 is 0. The van der Waals surface area contributed by atoms with Crippen molar-refractivity contribution >= 4 is 17.5 Å². The van der Waals surface area contributed by atoms with Crippen LogP contribution in [0.5, 0.6) is 0 Å². The molecular formula is C6H9N3O3. The predicted molar refractivity (Wildman–Crippen MR) is 40.0 cm³/mol. The molecule has 0 aromatic rings. The van der Waals surface area contributed by atoms with Gasteiger partial charge in [-0.05, 0) is 6.92 Å². The molecule has 0 fully saturated rings. The number of carbonyl (C=O) groups excluding carboxylic acids is 2. The lowest BCUT2D eigenvalue weighted by atomic mass is 10.3. The molecule has 6 heteroatoms. The van der Waals surface area contributed by atoms with Crippen LogP contribution in [0.15, 0.2) is 5.10 Å². The van der Waals surface area contributed by atoms with E-state index in [9.17, 15) is 9.59 Å². The van der Waals surface area contributed by atoms with Crippen LogP contribution in [0.25, 0.3) is 0 Å². The van der Waals surface area contributed by atoms with Crippen molar-refractivity contribution in [2.24, 2.45) is 5.10 Å². The third-order valence-electron chi connectivity index (χ3n) is 1.21. The van der Waals surface area contributed by atoms with Crippen LogP contribution >= 0.6 is 0 Å². The van der Waals surface area contributed by atoms with E-state index in [1.54, 1.807) is 6.92 Å². The molecule has 2 N–H and O–H groups in total. The van der Waals surface area contributed by atoms with Gasteiger partial charge >= 0.3 is 0 Å². The molecule has 0 unspecified atom stereocenters. The molecule has 0 aromatic carbocycles. The molecule has 2 amide bonds. The van der Waals surface area contributed by atoms with Gasteiger partial charge in [0.1, 0.15) is 5.71 Å². The van der Waals surface area contributed by atoms with E-state index in [2.05, 4.69) is 20.8 Å². The van der Waals surface area contributed by atoms with E-state index in [4.69, 9.17) is 0 Å². The Morgan fingerprint density at radius 2 is 2.58 bits per heavy atom. The summed E-state index contributed by atoms with van der Waals surface area (Å²) in [6, 6.07) is 0. The highest BCUT2D eigenvalue weighted by molar-refractivity contribution is 6.42. The van der Waals surface area contributed by atoms with Crippen LogP contribution in [0.4, 0.5) is 0 Å². The predicted octanol–water partition coefficient (Wildman–Crippen LogP) is -1.07. The lowest BCUT2D eigenvalue weighted by Crippen LogP contribution is -2.30. The molecule has 0 spiro atoms. The first-order valence-electron chi connectivity index (χ1n) is 3.51. The molecule has 6 nitrogen and oxygen atoms in total. The molecule has 1 rings (SSSR count). The second kappa shape index (κ2) is 3.82. The van der Waals surface area contributed by atoms with E-state index in [0.717, 1.165) is 0 Å². The van der Waals surface area contributed by atoms with Gasteiger partial charge in [-0.15, -0.1) is 0 Å². The van der Waals surface area contributed by atoms with Crippen molar-refractivity contribution < 1.29 is 14.4 Å². The maximum Gasteiger partial charge on any atom is 0.291 e. The summed E-state index contributed by atoms with van der Waals surface area (Å²) in [6.07, 6.45) is 0.0128. The van der Waals surface area contributed by atoms with Crippen molar-refractivity contribution in [3.63, 3.8) is 0 Å². The highest BCUT2D eigenvalue weighted by Crippen LogP contribution is 1.94. The van der Waals surface area contributed by atoms with Crippen molar-refractivity contribution in [1.82, 2.24) is 10.9 Å². The van der Waals surface area contributed by atoms with Crippen molar-refractivity contribution in [2.45, 2.75) is 13.3 Å². The SMILES string of the molecule is CCONC(=O)C1=NNC(=O)C1. The molecule has 0 saturated heterocycles. The van der Waals surface area contributed by atoms with Gasteiger partial charge in [0.15, 0.2) is 0 Å². The van der Waals surface area contributed by atoms with E-state index >= 15 is 0 Å². The fourth-order valence-electron chi connectivity index (χ4n) is 0.689. The van der Waals surface area contributed by atoms with Gasteiger partial charge in [0.05, 0.1) is 13.0 Å². The highest BCUT2D eigenvalue weighted by atomic mass is 16.6. The van der Waals surface area contributed by atoms with E-state index < -0.39 is 5.91 Å². The maximum atomic E-state index is 11.0. The monoisotopic (exact) mass is 171 g/mol. The molecule has 0 saturated carbocycles. The molecule has 12 heavy (non-hydrogen) atoms. The maximum absolute atomic E-state index is 11.0. The van der Waals surface area contributed by atoms with E-state index in [1.807, 2.05) is 0 Å². The Morgan fingerprint density at radius 3 is 3.08 bits per heavy atom. The Morgan fingerprint density at radius 1 is 1.83 bits per heavy atom. The van der Waals surface area contributed by atoms with Crippen LogP contribution in [0, 0.1) is 0 Å². The first kappa shape index (κ1) is 8.66. The smallest absolute Gasteiger partial charge is 0.274 e. The average molecular weight is 171 g/mol. The number of carbonyl (C=O) groups is 2. The second-order valence-electron chi connectivity index (χ2n) is 2.13. The van der Waals surface area contributed by atoms with Gasteiger partial charge in [-0.1, -0.05) is 0 Å². The van der Waals surface area contributed by atoms with Gasteiger partial charge in [0.2, 0.25) is 5.91 Å². The number of hydrogen-bond donors (Lipinski definition) is 2. The number of hydroxylamine groups is 1. The molecule has 0 atom stereocenters. The normalized spacial score (nSPS) is 15.4. The van der Waals surface area contributed by atoms with Crippen LogP contribution in [0.3, 0.4) is 0 Å². The van der Waals surface area contributed by atoms with Gasteiger partial charge in [-0.2, -0.15) is 5.10 Å². The summed E-state index contributed by atoms with van der Waals surface area (Å²) in [4.78, 5) is 26.2. The minimum absolute atomic E-state index is 0.0128. The number of nitrogens with zero attached hydrogens (tertiary/aromatic N) is 1. The zero-order valence-electron chi connectivity index (χ0n) is 6.59. The molecule has 66 valence electrons. The topological polar surface area (TPSA) is 79.8 Å². The lowest BCUT2D eigenvalue weighted by Gasteiger charge is -2.00. The summed E-state index contributed by atoms with van der Waals surface area (Å²) in [6.45, 7) is 2.11. The van der Waals surface area contributed by atoms with Crippen LogP contribution in [-0.4, -0.2) is 24.1 Å². The molecule has 0 aromatic heterocycles. The number of hydrogen-bond acceptors (Lipinski definition) is 4. The minimum Gasteiger partial charge on any atom is -0.274 e. The fourth-order valence-corrected chi connectivity index (χ4v) is 0.689. The Balaban J connectivity index is 2.38. The van der Waals surface area contributed by atoms with Gasteiger partial charge in [-0.3, -0.25) is 14.4 Å². The van der Waals surface area contributed by atoms with E-state index in [1.165, 1.54) is 0 Å². The summed E-state index contributed by atoms with van der Waals surface area (Å²) in [5, 5.41) is 3.49. The summed E-state index contributed by atoms with van der Waals surface area (Å²) in [5.74, 6) is -0.758. The zero-order valence-corrected chi connectivity index (χ0v) is 6.59.